The van der Waals surface area contributed by atoms with Crippen LogP contribution in [0, 0.1) is 23.0 Å². The lowest BCUT2D eigenvalue weighted by molar-refractivity contribution is -0.385. The van der Waals surface area contributed by atoms with Crippen molar-refractivity contribution in [3.05, 3.63) is 39.4 Å². The number of aryl methyl sites for hydroxylation is 1. The minimum absolute atomic E-state index is 0.130. The SMILES string of the molecule is COCC1CC(=O)C(c2c(C)cccc2[N+](=O)[O-])C(=O)C1. The van der Waals surface area contributed by atoms with Gasteiger partial charge in [0.1, 0.15) is 17.5 Å². The van der Waals surface area contributed by atoms with Gasteiger partial charge >= 0.3 is 0 Å². The Hall–Kier alpha value is -2.08. The number of nitro benzene ring substituents is 1. The van der Waals surface area contributed by atoms with Crippen molar-refractivity contribution in [1.82, 2.24) is 0 Å². The monoisotopic (exact) mass is 291 g/mol. The van der Waals surface area contributed by atoms with Crippen molar-refractivity contribution in [2.75, 3.05) is 13.7 Å². The molecule has 1 fully saturated rings. The van der Waals surface area contributed by atoms with Crippen molar-refractivity contribution in [2.45, 2.75) is 25.7 Å². The maximum Gasteiger partial charge on any atom is 0.274 e. The first kappa shape index (κ1) is 15.3. The van der Waals surface area contributed by atoms with Crippen LogP contribution in [0.1, 0.15) is 29.9 Å². The number of benzene rings is 1. The van der Waals surface area contributed by atoms with Crippen LogP contribution in [0.5, 0.6) is 0 Å². The molecule has 0 amide bonds. The van der Waals surface area contributed by atoms with Crippen molar-refractivity contribution in [2.24, 2.45) is 5.92 Å². The Kier molecular flexibility index (Phi) is 4.47. The summed E-state index contributed by atoms with van der Waals surface area (Å²) < 4.78 is 4.99. The highest BCUT2D eigenvalue weighted by atomic mass is 16.6. The minimum atomic E-state index is -1.01. The van der Waals surface area contributed by atoms with Crippen LogP contribution in [-0.2, 0) is 14.3 Å². The van der Waals surface area contributed by atoms with Crippen molar-refractivity contribution >= 4 is 17.3 Å². The first-order valence-corrected chi connectivity index (χ1v) is 6.74. The Labute approximate surface area is 122 Å². The standard InChI is InChI=1S/C15H17NO5/c1-9-4-3-5-11(16(19)20)14(9)15-12(17)6-10(8-21-2)7-13(15)18/h3-5,10,15H,6-8H2,1-2H3. The van der Waals surface area contributed by atoms with Gasteiger partial charge in [0.2, 0.25) is 0 Å². The Morgan fingerprint density at radius 1 is 1.29 bits per heavy atom. The number of hydrogen-bond acceptors (Lipinski definition) is 5. The molecule has 0 spiro atoms. The molecular weight excluding hydrogens is 274 g/mol. The first-order chi connectivity index (χ1) is 9.95. The zero-order valence-electron chi connectivity index (χ0n) is 12.0. The molecule has 0 saturated heterocycles. The number of ether oxygens (including phenoxy) is 1. The quantitative estimate of drug-likeness (QED) is 0.482. The molecule has 0 heterocycles. The summed E-state index contributed by atoms with van der Waals surface area (Å²) in [6.07, 6.45) is 0.436. The molecule has 0 N–H and O–H groups in total. The molecule has 1 aliphatic rings. The van der Waals surface area contributed by atoms with E-state index in [2.05, 4.69) is 0 Å². The van der Waals surface area contributed by atoms with Crippen LogP contribution in [0.15, 0.2) is 18.2 Å². The molecule has 0 unspecified atom stereocenters. The predicted octanol–water partition coefficient (Wildman–Crippen LogP) is 2.18. The number of ketones is 2. The highest BCUT2D eigenvalue weighted by Gasteiger charge is 2.40. The average molecular weight is 291 g/mol. The van der Waals surface area contributed by atoms with E-state index < -0.39 is 10.8 Å². The van der Waals surface area contributed by atoms with Crippen molar-refractivity contribution in [1.29, 1.82) is 0 Å². The molecule has 1 aliphatic carbocycles. The highest BCUT2D eigenvalue weighted by Crippen LogP contribution is 2.37. The zero-order chi connectivity index (χ0) is 15.6. The third-order valence-corrected chi connectivity index (χ3v) is 3.81. The lowest BCUT2D eigenvalue weighted by Gasteiger charge is -2.26. The maximum atomic E-state index is 12.3. The van der Waals surface area contributed by atoms with Crippen LogP contribution in [0.2, 0.25) is 0 Å². The molecule has 6 nitrogen and oxygen atoms in total. The topological polar surface area (TPSA) is 86.5 Å². The van der Waals surface area contributed by atoms with Crippen molar-refractivity contribution in [3.8, 4) is 0 Å². The fraction of sp³-hybridized carbons (Fsp3) is 0.467. The minimum Gasteiger partial charge on any atom is -0.384 e. The molecule has 0 atom stereocenters. The largest absolute Gasteiger partial charge is 0.384 e. The second-order valence-electron chi connectivity index (χ2n) is 5.36. The number of rotatable bonds is 4. The molecule has 1 aromatic carbocycles. The molecule has 2 rings (SSSR count). The van der Waals surface area contributed by atoms with E-state index >= 15 is 0 Å². The van der Waals surface area contributed by atoms with Gasteiger partial charge in [-0.15, -0.1) is 0 Å². The summed E-state index contributed by atoms with van der Waals surface area (Å²) in [5.41, 5.74) is 0.682. The van der Waals surface area contributed by atoms with Gasteiger partial charge in [-0.2, -0.15) is 0 Å². The Balaban J connectivity index is 2.41. The molecule has 0 radical (unpaired) electrons. The van der Waals surface area contributed by atoms with Gasteiger partial charge in [-0.1, -0.05) is 12.1 Å². The van der Waals surface area contributed by atoms with E-state index in [-0.39, 0.29) is 41.6 Å². The number of carbonyl (C=O) groups excluding carboxylic acids is 2. The second-order valence-corrected chi connectivity index (χ2v) is 5.36. The van der Waals surface area contributed by atoms with Gasteiger partial charge in [-0.3, -0.25) is 19.7 Å². The summed E-state index contributed by atoms with van der Waals surface area (Å²) in [5.74, 6) is -1.66. The normalized spacial score (nSPS) is 22.4. The molecular formula is C15H17NO5. The molecule has 1 aromatic rings. The predicted molar refractivity (Wildman–Crippen MR) is 75.2 cm³/mol. The molecule has 0 aromatic heterocycles. The summed E-state index contributed by atoms with van der Waals surface area (Å²) in [6, 6.07) is 4.58. The Morgan fingerprint density at radius 2 is 1.90 bits per heavy atom. The fourth-order valence-electron chi connectivity index (χ4n) is 2.93. The fourth-order valence-corrected chi connectivity index (χ4v) is 2.93. The number of nitrogens with zero attached hydrogens (tertiary/aromatic N) is 1. The zero-order valence-corrected chi connectivity index (χ0v) is 12.0. The molecule has 6 heteroatoms. The summed E-state index contributed by atoms with van der Waals surface area (Å²) >= 11 is 0. The number of hydrogen-bond donors (Lipinski definition) is 0. The third kappa shape index (κ3) is 3.00. The average Bonchev–Trinajstić information content (AvgIpc) is 2.39. The highest BCUT2D eigenvalue weighted by molar-refractivity contribution is 6.10. The molecule has 0 bridgehead atoms. The lowest BCUT2D eigenvalue weighted by atomic mass is 9.75. The lowest BCUT2D eigenvalue weighted by Crippen LogP contribution is -2.34. The molecule has 112 valence electrons. The van der Waals surface area contributed by atoms with Crippen molar-refractivity contribution < 1.29 is 19.2 Å². The summed E-state index contributed by atoms with van der Waals surface area (Å²) in [6.45, 7) is 2.03. The first-order valence-electron chi connectivity index (χ1n) is 6.74. The van der Waals surface area contributed by atoms with Crippen LogP contribution in [0.25, 0.3) is 0 Å². The maximum absolute atomic E-state index is 12.3. The second kappa shape index (κ2) is 6.13. The van der Waals surface area contributed by atoms with Gasteiger partial charge < -0.3 is 4.74 Å². The van der Waals surface area contributed by atoms with Crippen LogP contribution >= 0.6 is 0 Å². The van der Waals surface area contributed by atoms with Crippen LogP contribution < -0.4 is 0 Å². The number of Topliss-reactive ketones (excluding diaryl/α,β-unsaturated/α-hetero) is 2. The van der Waals surface area contributed by atoms with Gasteiger partial charge in [0.15, 0.2) is 0 Å². The summed E-state index contributed by atoms with van der Waals surface area (Å²) in [5, 5.41) is 11.2. The van der Waals surface area contributed by atoms with E-state index in [1.807, 2.05) is 0 Å². The van der Waals surface area contributed by atoms with Crippen LogP contribution in [0.3, 0.4) is 0 Å². The van der Waals surface area contributed by atoms with E-state index in [0.29, 0.717) is 12.2 Å². The number of carbonyl (C=O) groups is 2. The third-order valence-electron chi connectivity index (χ3n) is 3.81. The van der Waals surface area contributed by atoms with Crippen LogP contribution in [0.4, 0.5) is 5.69 Å². The molecule has 1 saturated carbocycles. The van der Waals surface area contributed by atoms with Crippen molar-refractivity contribution in [3.63, 3.8) is 0 Å². The smallest absolute Gasteiger partial charge is 0.274 e. The van der Waals surface area contributed by atoms with E-state index in [9.17, 15) is 19.7 Å². The van der Waals surface area contributed by atoms with E-state index in [1.165, 1.54) is 13.2 Å². The van der Waals surface area contributed by atoms with E-state index in [1.54, 1.807) is 19.1 Å². The Morgan fingerprint density at radius 3 is 2.43 bits per heavy atom. The van der Waals surface area contributed by atoms with Gasteiger partial charge in [0.25, 0.3) is 5.69 Å². The van der Waals surface area contributed by atoms with Gasteiger partial charge in [0.05, 0.1) is 10.5 Å². The summed E-state index contributed by atoms with van der Waals surface area (Å²) in [7, 11) is 1.52. The van der Waals surface area contributed by atoms with Gasteiger partial charge in [0, 0.05) is 32.6 Å². The number of methoxy groups -OCH3 is 1. The Bertz CT molecular complexity index is 578. The van der Waals surface area contributed by atoms with Gasteiger partial charge in [-0.05, 0) is 18.4 Å². The molecule has 21 heavy (non-hydrogen) atoms. The van der Waals surface area contributed by atoms with E-state index in [4.69, 9.17) is 4.74 Å². The van der Waals surface area contributed by atoms with E-state index in [0.717, 1.165) is 0 Å². The summed E-state index contributed by atoms with van der Waals surface area (Å²) in [4.78, 5) is 35.3. The van der Waals surface area contributed by atoms with Gasteiger partial charge in [-0.25, -0.2) is 0 Å². The van der Waals surface area contributed by atoms with Crippen LogP contribution in [-0.4, -0.2) is 30.2 Å². The number of nitro groups is 1. The molecule has 0 aliphatic heterocycles.